The van der Waals surface area contributed by atoms with Gasteiger partial charge in [-0.3, -0.25) is 4.79 Å². The fraction of sp³-hybridized carbons (Fsp3) is 0.417. The van der Waals surface area contributed by atoms with Gasteiger partial charge in [0.1, 0.15) is 0 Å². The maximum atomic E-state index is 12.0. The number of carbonyl (C=O) groups is 1. The third kappa shape index (κ3) is 1.44. The summed E-state index contributed by atoms with van der Waals surface area (Å²) in [6.07, 6.45) is 0. The lowest BCUT2D eigenvalue weighted by Gasteiger charge is -2.26. The Hall–Kier alpha value is -0.730. The van der Waals surface area contributed by atoms with Crippen molar-refractivity contribution < 1.29 is 4.79 Å². The van der Waals surface area contributed by atoms with Crippen LogP contribution in [0, 0.1) is 5.92 Å². The normalized spacial score (nSPS) is 23.5. The number of anilines is 1. The van der Waals surface area contributed by atoms with Crippen molar-refractivity contribution in [3.8, 4) is 0 Å². The molecule has 0 radical (unpaired) electrons. The highest BCUT2D eigenvalue weighted by atomic mass is 35.5. The van der Waals surface area contributed by atoms with Crippen LogP contribution in [-0.2, 0) is 10.2 Å². The molecule has 2 nitrogen and oxygen atoms in total. The highest BCUT2D eigenvalue weighted by Crippen LogP contribution is 2.46. The number of nitrogens with one attached hydrogen (secondary N) is 1. The summed E-state index contributed by atoms with van der Waals surface area (Å²) in [7, 11) is 0. The molecule has 0 saturated heterocycles. The minimum absolute atomic E-state index is 0.0123. The van der Waals surface area contributed by atoms with Crippen molar-refractivity contribution in [2.24, 2.45) is 5.92 Å². The van der Waals surface area contributed by atoms with Gasteiger partial charge in [0.2, 0.25) is 5.91 Å². The zero-order valence-corrected chi connectivity index (χ0v) is 10.9. The van der Waals surface area contributed by atoms with Crippen molar-refractivity contribution in [2.75, 3.05) is 5.32 Å². The molecule has 1 N–H and O–H groups in total. The second-order valence-corrected chi connectivity index (χ2v) is 5.46. The van der Waals surface area contributed by atoms with Crippen LogP contribution in [0.15, 0.2) is 12.1 Å². The largest absolute Gasteiger partial charge is 0.324 e. The number of carbonyl (C=O) groups excluding carboxylic acids is 1. The quantitative estimate of drug-likeness (QED) is 0.814. The Bertz CT molecular complexity index is 470. The maximum Gasteiger partial charge on any atom is 0.235 e. The number of rotatable bonds is 1. The number of hydrogen-bond acceptors (Lipinski definition) is 1. The molecule has 0 bridgehead atoms. The molecule has 0 aliphatic carbocycles. The van der Waals surface area contributed by atoms with Crippen molar-refractivity contribution in [1.82, 2.24) is 0 Å². The Balaban J connectivity index is 2.70. The van der Waals surface area contributed by atoms with Gasteiger partial charge in [-0.25, -0.2) is 0 Å². The molecule has 0 fully saturated rings. The van der Waals surface area contributed by atoms with Crippen LogP contribution in [0.1, 0.15) is 26.3 Å². The molecule has 4 heteroatoms. The Morgan fingerprint density at radius 3 is 2.50 bits per heavy atom. The second kappa shape index (κ2) is 3.64. The van der Waals surface area contributed by atoms with Gasteiger partial charge in [0.05, 0.1) is 16.1 Å². The predicted molar refractivity (Wildman–Crippen MR) is 67.3 cm³/mol. The zero-order chi connectivity index (χ0) is 12.1. The molecule has 16 heavy (non-hydrogen) atoms. The van der Waals surface area contributed by atoms with E-state index in [9.17, 15) is 4.79 Å². The molecule has 1 aliphatic rings. The lowest BCUT2D eigenvalue weighted by molar-refractivity contribution is -0.121. The number of fused-ring (bicyclic) bond motifs is 1. The lowest BCUT2D eigenvalue weighted by Crippen LogP contribution is -2.36. The summed E-state index contributed by atoms with van der Waals surface area (Å²) in [6, 6.07) is 3.47. The van der Waals surface area contributed by atoms with Crippen LogP contribution >= 0.6 is 23.2 Å². The van der Waals surface area contributed by atoms with Crippen LogP contribution in [0.3, 0.4) is 0 Å². The number of benzene rings is 1. The molecule has 0 spiro atoms. The topological polar surface area (TPSA) is 29.1 Å². The van der Waals surface area contributed by atoms with Crippen LogP contribution in [0.25, 0.3) is 0 Å². The fourth-order valence-corrected chi connectivity index (χ4v) is 2.59. The molecule has 0 saturated carbocycles. The van der Waals surface area contributed by atoms with E-state index in [1.54, 1.807) is 6.07 Å². The summed E-state index contributed by atoms with van der Waals surface area (Å²) >= 11 is 12.1. The average molecular weight is 258 g/mol. The molecule has 1 amide bonds. The molecule has 1 aromatic rings. The van der Waals surface area contributed by atoms with Crippen molar-refractivity contribution in [3.63, 3.8) is 0 Å². The highest BCUT2D eigenvalue weighted by molar-refractivity contribution is 6.37. The summed E-state index contributed by atoms with van der Waals surface area (Å²) in [5.74, 6) is 0.171. The highest BCUT2D eigenvalue weighted by Gasteiger charge is 2.45. The predicted octanol–water partition coefficient (Wildman–Crippen LogP) is 3.86. The van der Waals surface area contributed by atoms with Crippen LogP contribution in [-0.4, -0.2) is 5.91 Å². The molecule has 0 aromatic heterocycles. The lowest BCUT2D eigenvalue weighted by atomic mass is 9.74. The molecule has 1 unspecified atom stereocenters. The first-order valence-electron chi connectivity index (χ1n) is 5.18. The van der Waals surface area contributed by atoms with Gasteiger partial charge >= 0.3 is 0 Å². The summed E-state index contributed by atoms with van der Waals surface area (Å²) in [6.45, 7) is 5.96. The van der Waals surface area contributed by atoms with E-state index < -0.39 is 5.41 Å². The van der Waals surface area contributed by atoms with E-state index >= 15 is 0 Å². The van der Waals surface area contributed by atoms with E-state index in [0.29, 0.717) is 15.7 Å². The standard InChI is InChI=1S/C12H13Cl2NO/c1-6(2)12(3)8-4-7(13)5-9(14)10(8)15-11(12)16/h4-6H,1-3H3,(H,15,16). The van der Waals surface area contributed by atoms with Gasteiger partial charge in [-0.05, 0) is 30.5 Å². The minimum atomic E-state index is -0.552. The van der Waals surface area contributed by atoms with Crippen LogP contribution in [0.2, 0.25) is 10.0 Å². The molecule has 1 heterocycles. The van der Waals surface area contributed by atoms with E-state index in [0.717, 1.165) is 5.56 Å². The van der Waals surface area contributed by atoms with Crippen molar-refractivity contribution >= 4 is 34.8 Å². The summed E-state index contributed by atoms with van der Waals surface area (Å²) < 4.78 is 0. The van der Waals surface area contributed by atoms with Gasteiger partial charge < -0.3 is 5.32 Å². The molecular weight excluding hydrogens is 245 g/mol. The SMILES string of the molecule is CC(C)C1(C)C(=O)Nc2c(Cl)cc(Cl)cc21. The fourth-order valence-electron chi connectivity index (χ4n) is 2.05. The van der Waals surface area contributed by atoms with Gasteiger partial charge in [0, 0.05) is 5.02 Å². The first-order chi connectivity index (χ1) is 7.37. The Labute approximate surface area is 105 Å². The molecule has 1 atom stereocenters. The van der Waals surface area contributed by atoms with E-state index in [1.165, 1.54) is 0 Å². The second-order valence-electron chi connectivity index (χ2n) is 4.62. The maximum absolute atomic E-state index is 12.0. The average Bonchev–Trinajstić information content (AvgIpc) is 2.43. The van der Waals surface area contributed by atoms with Gasteiger partial charge in [0.15, 0.2) is 0 Å². The van der Waals surface area contributed by atoms with E-state index in [2.05, 4.69) is 5.32 Å². The van der Waals surface area contributed by atoms with Gasteiger partial charge in [-0.15, -0.1) is 0 Å². The van der Waals surface area contributed by atoms with Crippen LogP contribution in [0.5, 0.6) is 0 Å². The number of hydrogen-bond donors (Lipinski definition) is 1. The Morgan fingerprint density at radius 2 is 1.94 bits per heavy atom. The van der Waals surface area contributed by atoms with Crippen LogP contribution in [0.4, 0.5) is 5.69 Å². The van der Waals surface area contributed by atoms with Crippen LogP contribution < -0.4 is 5.32 Å². The van der Waals surface area contributed by atoms with E-state index in [-0.39, 0.29) is 11.8 Å². The van der Waals surface area contributed by atoms with Gasteiger partial charge in [-0.2, -0.15) is 0 Å². The number of amides is 1. The molecule has 1 aliphatic heterocycles. The molecular formula is C12H13Cl2NO. The van der Waals surface area contributed by atoms with E-state index in [1.807, 2.05) is 26.8 Å². The Morgan fingerprint density at radius 1 is 1.31 bits per heavy atom. The molecule has 2 rings (SSSR count). The van der Waals surface area contributed by atoms with E-state index in [4.69, 9.17) is 23.2 Å². The molecule has 1 aromatic carbocycles. The third-order valence-corrected chi connectivity index (χ3v) is 4.00. The first-order valence-corrected chi connectivity index (χ1v) is 5.94. The van der Waals surface area contributed by atoms with Crippen molar-refractivity contribution in [3.05, 3.63) is 27.7 Å². The monoisotopic (exact) mass is 257 g/mol. The van der Waals surface area contributed by atoms with Crippen molar-refractivity contribution in [2.45, 2.75) is 26.2 Å². The number of halogens is 2. The molecule has 86 valence electrons. The first kappa shape index (κ1) is 11.7. The Kier molecular flexibility index (Phi) is 2.67. The smallest absolute Gasteiger partial charge is 0.235 e. The van der Waals surface area contributed by atoms with Gasteiger partial charge in [-0.1, -0.05) is 37.0 Å². The summed E-state index contributed by atoms with van der Waals surface area (Å²) in [5, 5.41) is 3.90. The third-order valence-electron chi connectivity index (χ3n) is 3.48. The zero-order valence-electron chi connectivity index (χ0n) is 9.40. The van der Waals surface area contributed by atoms with Gasteiger partial charge in [0.25, 0.3) is 0 Å². The summed E-state index contributed by atoms with van der Waals surface area (Å²) in [5.41, 5.74) is 1.04. The minimum Gasteiger partial charge on any atom is -0.324 e. The van der Waals surface area contributed by atoms with Crippen molar-refractivity contribution in [1.29, 1.82) is 0 Å². The summed E-state index contributed by atoms with van der Waals surface area (Å²) in [4.78, 5) is 12.0.